The molecular formula is C17H25NO3. The highest BCUT2D eigenvalue weighted by Gasteiger charge is 2.37. The van der Waals surface area contributed by atoms with Gasteiger partial charge in [0, 0.05) is 19.1 Å². The zero-order valence-electron chi connectivity index (χ0n) is 12.7. The third-order valence-electron chi connectivity index (χ3n) is 4.65. The Labute approximate surface area is 126 Å². The van der Waals surface area contributed by atoms with Gasteiger partial charge < -0.3 is 14.6 Å². The second-order valence-corrected chi connectivity index (χ2v) is 6.06. The predicted molar refractivity (Wildman–Crippen MR) is 81.6 cm³/mol. The number of aryl methyl sites for hydroxylation is 1. The van der Waals surface area contributed by atoms with Gasteiger partial charge in [0.2, 0.25) is 0 Å². The number of hydrogen-bond donors (Lipinski definition) is 1. The summed E-state index contributed by atoms with van der Waals surface area (Å²) in [4.78, 5) is 2.36. The third-order valence-corrected chi connectivity index (χ3v) is 4.65. The summed E-state index contributed by atoms with van der Waals surface area (Å²) in [6, 6.07) is 8.23. The minimum atomic E-state index is -0.420. The molecule has 0 spiro atoms. The Balaban J connectivity index is 1.67. The number of aliphatic hydroxyl groups is 1. The number of benzene rings is 1. The van der Waals surface area contributed by atoms with Crippen LogP contribution in [0.15, 0.2) is 24.3 Å². The maximum Gasteiger partial charge on any atom is 0.126 e. The van der Waals surface area contributed by atoms with Crippen molar-refractivity contribution in [1.29, 1.82) is 0 Å². The molecule has 1 saturated heterocycles. The van der Waals surface area contributed by atoms with Gasteiger partial charge in [0.25, 0.3) is 0 Å². The van der Waals surface area contributed by atoms with E-state index in [1.165, 1.54) is 0 Å². The summed E-state index contributed by atoms with van der Waals surface area (Å²) in [5.41, 5.74) is 1.12. The zero-order chi connectivity index (χ0) is 14.7. The molecule has 2 aliphatic rings. The molecule has 0 aromatic heterocycles. The third kappa shape index (κ3) is 3.39. The number of hydrogen-bond acceptors (Lipinski definition) is 4. The smallest absolute Gasteiger partial charge is 0.126 e. The van der Waals surface area contributed by atoms with Crippen LogP contribution in [0.4, 0.5) is 0 Å². The minimum absolute atomic E-state index is 0.104. The first-order valence-electron chi connectivity index (χ1n) is 7.98. The lowest BCUT2D eigenvalue weighted by molar-refractivity contribution is -0.0776. The monoisotopic (exact) mass is 291 g/mol. The van der Waals surface area contributed by atoms with Gasteiger partial charge in [-0.15, -0.1) is 0 Å². The fourth-order valence-electron chi connectivity index (χ4n) is 3.41. The molecule has 0 radical (unpaired) electrons. The second kappa shape index (κ2) is 6.77. The number of rotatable bonds is 3. The molecule has 0 unspecified atom stereocenters. The maximum absolute atomic E-state index is 10.7. The molecule has 1 aromatic carbocycles. The SMILES string of the molecule is Cc1ccccc1O[C@@H]1CCC[C@H](N2CCOCC2)[C@H]1O. The Bertz CT molecular complexity index is 459. The van der Waals surface area contributed by atoms with Gasteiger partial charge in [-0.3, -0.25) is 4.90 Å². The Kier molecular flexibility index (Phi) is 4.78. The van der Waals surface area contributed by atoms with Crippen molar-refractivity contribution >= 4 is 0 Å². The summed E-state index contributed by atoms with van der Waals surface area (Å²) >= 11 is 0. The van der Waals surface area contributed by atoms with Crippen molar-refractivity contribution in [3.05, 3.63) is 29.8 Å². The molecule has 1 aliphatic heterocycles. The largest absolute Gasteiger partial charge is 0.487 e. The Morgan fingerprint density at radius 1 is 1.19 bits per heavy atom. The average molecular weight is 291 g/mol. The first-order valence-corrected chi connectivity index (χ1v) is 7.98. The molecule has 1 aromatic rings. The van der Waals surface area contributed by atoms with Crippen LogP contribution in [0.2, 0.25) is 0 Å². The molecule has 1 heterocycles. The molecule has 3 rings (SSSR count). The van der Waals surface area contributed by atoms with Crippen molar-refractivity contribution in [2.45, 2.75) is 44.4 Å². The molecule has 21 heavy (non-hydrogen) atoms. The normalized spacial score (nSPS) is 31.0. The highest BCUT2D eigenvalue weighted by atomic mass is 16.5. The van der Waals surface area contributed by atoms with Crippen molar-refractivity contribution in [3.8, 4) is 5.75 Å². The van der Waals surface area contributed by atoms with E-state index in [2.05, 4.69) is 4.90 Å². The van der Waals surface area contributed by atoms with Crippen LogP contribution in [0.3, 0.4) is 0 Å². The molecule has 1 saturated carbocycles. The number of nitrogens with zero attached hydrogens (tertiary/aromatic N) is 1. The van der Waals surface area contributed by atoms with E-state index in [4.69, 9.17) is 9.47 Å². The molecule has 4 nitrogen and oxygen atoms in total. The first kappa shape index (κ1) is 14.8. The van der Waals surface area contributed by atoms with Crippen molar-refractivity contribution < 1.29 is 14.6 Å². The first-order chi connectivity index (χ1) is 10.3. The van der Waals surface area contributed by atoms with Crippen LogP contribution in [0.5, 0.6) is 5.75 Å². The van der Waals surface area contributed by atoms with E-state index in [-0.39, 0.29) is 12.1 Å². The highest BCUT2D eigenvalue weighted by molar-refractivity contribution is 5.32. The van der Waals surface area contributed by atoms with Gasteiger partial charge in [0.1, 0.15) is 18.0 Å². The van der Waals surface area contributed by atoms with Crippen LogP contribution in [-0.4, -0.2) is 54.6 Å². The van der Waals surface area contributed by atoms with Crippen LogP contribution in [0, 0.1) is 6.92 Å². The van der Waals surface area contributed by atoms with Crippen molar-refractivity contribution in [1.82, 2.24) is 4.90 Å². The molecule has 1 N–H and O–H groups in total. The van der Waals surface area contributed by atoms with E-state index in [9.17, 15) is 5.11 Å². The lowest BCUT2D eigenvalue weighted by Crippen LogP contribution is -2.55. The van der Waals surface area contributed by atoms with E-state index in [0.29, 0.717) is 0 Å². The molecule has 116 valence electrons. The average Bonchev–Trinajstić information content (AvgIpc) is 2.52. The molecule has 3 atom stereocenters. The summed E-state index contributed by atoms with van der Waals surface area (Å²) in [5, 5.41) is 10.7. The minimum Gasteiger partial charge on any atom is -0.487 e. The Morgan fingerprint density at radius 3 is 2.71 bits per heavy atom. The summed E-state index contributed by atoms with van der Waals surface area (Å²) in [6.45, 7) is 5.42. The maximum atomic E-state index is 10.7. The van der Waals surface area contributed by atoms with Crippen molar-refractivity contribution in [2.24, 2.45) is 0 Å². The zero-order valence-corrected chi connectivity index (χ0v) is 12.7. The lowest BCUT2D eigenvalue weighted by Gasteiger charge is -2.42. The lowest BCUT2D eigenvalue weighted by atomic mass is 9.88. The fourth-order valence-corrected chi connectivity index (χ4v) is 3.41. The summed E-state index contributed by atoms with van der Waals surface area (Å²) in [7, 11) is 0. The fraction of sp³-hybridized carbons (Fsp3) is 0.647. The van der Waals surface area contributed by atoms with Crippen LogP contribution >= 0.6 is 0 Å². The highest BCUT2D eigenvalue weighted by Crippen LogP contribution is 2.29. The van der Waals surface area contributed by atoms with Crippen molar-refractivity contribution in [3.63, 3.8) is 0 Å². The standard InChI is InChI=1S/C17H25NO3/c1-13-5-2-3-7-15(13)21-16-8-4-6-14(17(16)19)18-9-11-20-12-10-18/h2-3,5,7,14,16-17,19H,4,6,8-12H2,1H3/t14-,16+,17+/m0/s1. The van der Waals surface area contributed by atoms with Gasteiger partial charge in [-0.05, 0) is 37.8 Å². The van der Waals surface area contributed by atoms with Gasteiger partial charge in [-0.2, -0.15) is 0 Å². The Morgan fingerprint density at radius 2 is 1.95 bits per heavy atom. The van der Waals surface area contributed by atoms with Gasteiger partial charge in [0.15, 0.2) is 0 Å². The topological polar surface area (TPSA) is 41.9 Å². The molecular weight excluding hydrogens is 266 g/mol. The van der Waals surface area contributed by atoms with Crippen LogP contribution in [0.1, 0.15) is 24.8 Å². The van der Waals surface area contributed by atoms with E-state index in [0.717, 1.165) is 56.9 Å². The van der Waals surface area contributed by atoms with E-state index < -0.39 is 6.10 Å². The molecule has 0 bridgehead atoms. The Hall–Kier alpha value is -1.10. The van der Waals surface area contributed by atoms with Gasteiger partial charge in [0.05, 0.1) is 13.2 Å². The summed E-state index contributed by atoms with van der Waals surface area (Å²) in [6.07, 6.45) is 2.56. The summed E-state index contributed by atoms with van der Waals surface area (Å²) < 4.78 is 11.5. The molecule has 0 amide bonds. The number of morpholine rings is 1. The van der Waals surface area contributed by atoms with E-state index >= 15 is 0 Å². The van der Waals surface area contributed by atoms with Gasteiger partial charge >= 0.3 is 0 Å². The van der Waals surface area contributed by atoms with E-state index in [1.807, 2.05) is 31.2 Å². The predicted octanol–water partition coefficient (Wildman–Crippen LogP) is 1.99. The molecule has 1 aliphatic carbocycles. The number of aliphatic hydroxyl groups excluding tert-OH is 1. The molecule has 4 heteroatoms. The van der Waals surface area contributed by atoms with Gasteiger partial charge in [-0.1, -0.05) is 18.2 Å². The second-order valence-electron chi connectivity index (χ2n) is 6.06. The van der Waals surface area contributed by atoms with Gasteiger partial charge in [-0.25, -0.2) is 0 Å². The van der Waals surface area contributed by atoms with Crippen LogP contribution < -0.4 is 4.74 Å². The van der Waals surface area contributed by atoms with Crippen LogP contribution in [0.25, 0.3) is 0 Å². The molecule has 2 fully saturated rings. The quantitative estimate of drug-likeness (QED) is 0.925. The van der Waals surface area contributed by atoms with E-state index in [1.54, 1.807) is 0 Å². The number of para-hydroxylation sites is 1. The number of ether oxygens (including phenoxy) is 2. The van der Waals surface area contributed by atoms with Crippen molar-refractivity contribution in [2.75, 3.05) is 26.3 Å². The summed E-state index contributed by atoms with van der Waals surface area (Å²) in [5.74, 6) is 0.893. The van der Waals surface area contributed by atoms with Crippen LogP contribution in [-0.2, 0) is 4.74 Å².